The molecule has 0 fully saturated rings. The summed E-state index contributed by atoms with van der Waals surface area (Å²) in [6.07, 6.45) is 0. The van der Waals surface area contributed by atoms with E-state index in [0.717, 1.165) is 66.8 Å². The van der Waals surface area contributed by atoms with E-state index in [1.807, 2.05) is 0 Å². The summed E-state index contributed by atoms with van der Waals surface area (Å²) in [5.41, 5.74) is 28.9. The molecular formula is C68H47N3. The van der Waals surface area contributed by atoms with E-state index in [-0.39, 0.29) is 28.1 Å². The van der Waals surface area contributed by atoms with E-state index in [1.54, 1.807) is 0 Å². The molecule has 9 aromatic carbocycles. The number of hydrogen-bond acceptors (Lipinski definition) is 3. The molecule has 0 amide bonds. The second kappa shape index (κ2) is 14.0. The van der Waals surface area contributed by atoms with E-state index in [2.05, 4.69) is 224 Å². The highest BCUT2D eigenvalue weighted by molar-refractivity contribution is 5.90. The lowest BCUT2D eigenvalue weighted by Crippen LogP contribution is -2.28. The molecule has 3 nitrogen and oxygen atoms in total. The van der Waals surface area contributed by atoms with E-state index in [9.17, 15) is 15.8 Å². The third-order valence-corrected chi connectivity index (χ3v) is 17.6. The molecule has 2 bridgehead atoms. The zero-order valence-corrected chi connectivity index (χ0v) is 40.6. The van der Waals surface area contributed by atoms with Gasteiger partial charge in [-0.1, -0.05) is 151 Å². The minimum absolute atomic E-state index is 0.200. The van der Waals surface area contributed by atoms with Gasteiger partial charge in [0.2, 0.25) is 0 Å². The molecule has 0 unspecified atom stereocenters. The normalized spacial score (nSPS) is 17.5. The van der Waals surface area contributed by atoms with Gasteiger partial charge in [-0.25, -0.2) is 0 Å². The molecular weight excluding hydrogens is 859 g/mol. The molecule has 0 saturated carbocycles. The number of nitrogens with zero attached hydrogens (tertiary/aromatic N) is 3. The van der Waals surface area contributed by atoms with Gasteiger partial charge in [-0.2, -0.15) is 15.8 Å². The van der Waals surface area contributed by atoms with Crippen molar-refractivity contribution >= 4 is 0 Å². The Bertz CT molecular complexity index is 3900. The van der Waals surface area contributed by atoms with Crippen molar-refractivity contribution in [3.63, 3.8) is 0 Å². The van der Waals surface area contributed by atoms with Crippen LogP contribution in [-0.4, -0.2) is 0 Å². The molecule has 0 N–H and O–H groups in total. The molecule has 0 heterocycles. The SMILES string of the molecule is CC1(C)c2ccccc2-c2ccc(-c3cc4c(cc3C#N)C3c5cc(-c6ccc7c(c6)C(C)(C)c6ccccc6-7)c(C#N)cc5C4c4cc(C#N)c(-c5ccc6c(c5)C(C)(C)c5ccccc5-6)cc43)cc21. The smallest absolute Gasteiger partial charge is 0.0998 e. The van der Waals surface area contributed by atoms with Crippen LogP contribution in [0.4, 0.5) is 0 Å². The van der Waals surface area contributed by atoms with Crippen molar-refractivity contribution < 1.29 is 0 Å². The predicted octanol–water partition coefficient (Wildman–Crippen LogP) is 16.2. The summed E-state index contributed by atoms with van der Waals surface area (Å²) < 4.78 is 0. The van der Waals surface area contributed by atoms with E-state index in [4.69, 9.17) is 0 Å². The van der Waals surface area contributed by atoms with Crippen LogP contribution in [0.1, 0.15) is 137 Å². The molecule has 334 valence electrons. The third-order valence-electron chi connectivity index (χ3n) is 17.6. The van der Waals surface area contributed by atoms with Crippen LogP contribution in [0.25, 0.3) is 66.8 Å². The van der Waals surface area contributed by atoms with Gasteiger partial charge in [-0.15, -0.1) is 0 Å². The summed E-state index contributed by atoms with van der Waals surface area (Å²) in [5, 5.41) is 33.4. The van der Waals surface area contributed by atoms with Crippen LogP contribution in [0.5, 0.6) is 0 Å². The first kappa shape index (κ1) is 41.4. The lowest BCUT2D eigenvalue weighted by molar-refractivity contribution is 0.660. The fourth-order valence-electron chi connectivity index (χ4n) is 14.0. The highest BCUT2D eigenvalue weighted by atomic mass is 14.5. The average Bonchev–Trinajstić information content (AvgIpc) is 3.88. The Hall–Kier alpha value is -8.55. The molecule has 15 rings (SSSR count). The molecule has 0 radical (unpaired) electrons. The number of nitriles is 3. The Morgan fingerprint density at radius 3 is 0.817 bits per heavy atom. The number of rotatable bonds is 3. The van der Waals surface area contributed by atoms with E-state index in [1.165, 1.54) is 66.8 Å². The van der Waals surface area contributed by atoms with Crippen LogP contribution in [0.2, 0.25) is 0 Å². The fourth-order valence-corrected chi connectivity index (χ4v) is 14.0. The van der Waals surface area contributed by atoms with E-state index >= 15 is 0 Å². The quantitative estimate of drug-likeness (QED) is 0.177. The maximum atomic E-state index is 11.1. The molecule has 0 aromatic heterocycles. The maximum absolute atomic E-state index is 11.1. The average molecular weight is 906 g/mol. The summed E-state index contributed by atoms with van der Waals surface area (Å²) in [6, 6.07) is 67.4. The number of benzene rings is 9. The van der Waals surface area contributed by atoms with Crippen molar-refractivity contribution in [1.82, 2.24) is 0 Å². The lowest BCUT2D eigenvalue weighted by atomic mass is 9.59. The molecule has 3 heteroatoms. The Kier molecular flexibility index (Phi) is 8.19. The third kappa shape index (κ3) is 5.35. The summed E-state index contributed by atoms with van der Waals surface area (Å²) in [5.74, 6) is -0.524. The van der Waals surface area contributed by atoms with Crippen LogP contribution in [0, 0.1) is 34.0 Å². The fraction of sp³-hybridized carbons (Fsp3) is 0.162. The first-order valence-electron chi connectivity index (χ1n) is 24.8. The van der Waals surface area contributed by atoms with Crippen molar-refractivity contribution in [2.45, 2.75) is 69.6 Å². The van der Waals surface area contributed by atoms with E-state index < -0.39 is 0 Å². The predicted molar refractivity (Wildman–Crippen MR) is 284 cm³/mol. The zero-order valence-electron chi connectivity index (χ0n) is 40.6. The molecule has 0 saturated heterocycles. The minimum atomic E-state index is -0.272. The minimum Gasteiger partial charge on any atom is -0.192 e. The number of fused-ring (bicyclic) bond motifs is 9. The molecule has 0 aliphatic heterocycles. The Morgan fingerprint density at radius 1 is 0.282 bits per heavy atom. The Balaban J connectivity index is 0.976. The van der Waals surface area contributed by atoms with Crippen molar-refractivity contribution in [2.75, 3.05) is 0 Å². The van der Waals surface area contributed by atoms with Crippen LogP contribution in [0.3, 0.4) is 0 Å². The Morgan fingerprint density at radius 2 is 0.535 bits per heavy atom. The monoisotopic (exact) mass is 905 g/mol. The molecule has 6 aliphatic rings. The van der Waals surface area contributed by atoms with Gasteiger partial charge >= 0.3 is 0 Å². The van der Waals surface area contributed by atoms with Crippen molar-refractivity contribution in [2.24, 2.45) is 0 Å². The number of hydrogen-bond donors (Lipinski definition) is 0. The van der Waals surface area contributed by atoms with Crippen LogP contribution in [0.15, 0.2) is 164 Å². The second-order valence-corrected chi connectivity index (χ2v) is 22.1. The van der Waals surface area contributed by atoms with Crippen molar-refractivity contribution in [3.8, 4) is 85.0 Å². The van der Waals surface area contributed by atoms with Gasteiger partial charge < -0.3 is 0 Å². The van der Waals surface area contributed by atoms with Crippen LogP contribution >= 0.6 is 0 Å². The first-order chi connectivity index (χ1) is 34.3. The van der Waals surface area contributed by atoms with Crippen LogP contribution in [-0.2, 0) is 16.2 Å². The summed E-state index contributed by atoms with van der Waals surface area (Å²) >= 11 is 0. The largest absolute Gasteiger partial charge is 0.192 e. The molecule has 9 aromatic rings. The van der Waals surface area contributed by atoms with Crippen molar-refractivity contribution in [1.29, 1.82) is 15.8 Å². The van der Waals surface area contributed by atoms with Crippen molar-refractivity contribution in [3.05, 3.63) is 247 Å². The van der Waals surface area contributed by atoms with Gasteiger partial charge in [0.1, 0.15) is 0 Å². The highest BCUT2D eigenvalue weighted by Crippen LogP contribution is 2.60. The van der Waals surface area contributed by atoms with Gasteiger partial charge in [0.05, 0.1) is 34.9 Å². The molecule has 71 heavy (non-hydrogen) atoms. The van der Waals surface area contributed by atoms with Gasteiger partial charge in [0.15, 0.2) is 0 Å². The zero-order chi connectivity index (χ0) is 48.5. The molecule has 0 spiro atoms. The summed E-state index contributed by atoms with van der Waals surface area (Å²) in [7, 11) is 0. The van der Waals surface area contributed by atoms with Crippen LogP contribution < -0.4 is 0 Å². The van der Waals surface area contributed by atoms with Gasteiger partial charge in [-0.05, 0) is 188 Å². The standard InChI is InChI=1S/C68H47N3/c1-66(2)58-16-10-7-13-43(58)46-22-19-37(28-61(46)66)49-31-55-54(27-42(49)36-71)65-56-32-50(38-20-23-47-44-14-8-11-17-59(44)67(3,4)62(47)29-38)40(34-69)25-52(56)64(55)53-26-41(35-70)51(33-57(53)65)39-21-24-48-45-15-9-12-18-60(45)68(5,6)63(48)30-39/h7-33,64-65H,1-6H3. The molecule has 0 atom stereocenters. The molecule has 6 aliphatic carbocycles. The Labute approximate surface area is 415 Å². The first-order valence-corrected chi connectivity index (χ1v) is 24.8. The van der Waals surface area contributed by atoms with Gasteiger partial charge in [-0.3, -0.25) is 0 Å². The topological polar surface area (TPSA) is 71.4 Å². The van der Waals surface area contributed by atoms with E-state index in [0.29, 0.717) is 16.7 Å². The summed E-state index contributed by atoms with van der Waals surface area (Å²) in [6.45, 7) is 13.8. The summed E-state index contributed by atoms with van der Waals surface area (Å²) in [4.78, 5) is 0. The van der Waals surface area contributed by atoms with Gasteiger partial charge in [0.25, 0.3) is 0 Å². The van der Waals surface area contributed by atoms with Gasteiger partial charge in [0, 0.05) is 28.1 Å². The maximum Gasteiger partial charge on any atom is 0.0998 e. The second-order valence-electron chi connectivity index (χ2n) is 22.1. The lowest BCUT2D eigenvalue weighted by Gasteiger charge is -2.43. The highest BCUT2D eigenvalue weighted by Gasteiger charge is 2.45.